The highest BCUT2D eigenvalue weighted by Gasteiger charge is 2.22. The van der Waals surface area contributed by atoms with E-state index in [1.54, 1.807) is 0 Å². The van der Waals surface area contributed by atoms with Crippen molar-refractivity contribution in [2.75, 3.05) is 12.0 Å². The van der Waals surface area contributed by atoms with E-state index in [4.69, 9.17) is 4.74 Å². The van der Waals surface area contributed by atoms with Gasteiger partial charge in [0.15, 0.2) is 0 Å². The molecule has 3 rings (SSSR count). The van der Waals surface area contributed by atoms with Crippen LogP contribution in [0.3, 0.4) is 0 Å². The van der Waals surface area contributed by atoms with Crippen molar-refractivity contribution >= 4 is 0 Å². The molecule has 17 heavy (non-hydrogen) atoms. The van der Waals surface area contributed by atoms with Crippen LogP contribution in [-0.4, -0.2) is 17.3 Å². The molecular formula is C14H16N2O. The van der Waals surface area contributed by atoms with Crippen molar-refractivity contribution in [3.63, 3.8) is 0 Å². The van der Waals surface area contributed by atoms with E-state index in [-0.39, 0.29) is 6.10 Å². The Hall–Kier alpha value is -1.90. The Morgan fingerprint density at radius 3 is 3.00 bits per heavy atom. The molecule has 2 heterocycles. The van der Waals surface area contributed by atoms with Gasteiger partial charge in [0.2, 0.25) is 0 Å². The molecule has 0 bridgehead atoms. The molecule has 0 radical (unpaired) electrons. The van der Waals surface area contributed by atoms with Gasteiger partial charge in [0, 0.05) is 18.8 Å². The zero-order chi connectivity index (χ0) is 11.7. The minimum atomic E-state index is 0.231. The Bertz CT molecular complexity index is 505. The molecule has 0 aliphatic carbocycles. The predicted octanol–water partition coefficient (Wildman–Crippen LogP) is 2.34. The van der Waals surface area contributed by atoms with E-state index < -0.39 is 0 Å². The smallest absolute Gasteiger partial charge is 0.123 e. The number of nitrogens with one attached hydrogen (secondary N) is 1. The lowest BCUT2D eigenvalue weighted by Gasteiger charge is -2.13. The first kappa shape index (κ1) is 10.3. The molecule has 1 atom stereocenters. The third kappa shape index (κ3) is 2.13. The average molecular weight is 228 g/mol. The van der Waals surface area contributed by atoms with Gasteiger partial charge in [0.25, 0.3) is 0 Å². The van der Waals surface area contributed by atoms with Gasteiger partial charge in [-0.15, -0.1) is 0 Å². The van der Waals surface area contributed by atoms with Crippen LogP contribution in [0.5, 0.6) is 5.75 Å². The van der Waals surface area contributed by atoms with Crippen molar-refractivity contribution in [1.29, 1.82) is 0 Å². The topological polar surface area (TPSA) is 26.2 Å². The van der Waals surface area contributed by atoms with Crippen molar-refractivity contribution in [3.8, 4) is 5.75 Å². The van der Waals surface area contributed by atoms with Gasteiger partial charge >= 0.3 is 0 Å². The number of ether oxygens (including phenoxy) is 1. The van der Waals surface area contributed by atoms with Crippen LogP contribution in [0.25, 0.3) is 0 Å². The standard InChI is InChI=1S/C14H16N2O/c1-11-4-5-14-12(8-11)9-13(17-14)10-15-16-6-2-3-7-16/h2-8,13,15H,9-10H2,1H3. The molecule has 0 spiro atoms. The Kier molecular flexibility index (Phi) is 2.52. The number of fused-ring (bicyclic) bond motifs is 1. The van der Waals surface area contributed by atoms with E-state index in [0.717, 1.165) is 18.7 Å². The molecular weight excluding hydrogens is 212 g/mol. The van der Waals surface area contributed by atoms with Crippen molar-refractivity contribution in [3.05, 3.63) is 53.9 Å². The fourth-order valence-electron chi connectivity index (χ4n) is 2.21. The number of hydrogen-bond acceptors (Lipinski definition) is 2. The van der Waals surface area contributed by atoms with Crippen LogP contribution in [0.4, 0.5) is 0 Å². The summed E-state index contributed by atoms with van der Waals surface area (Å²) in [6.07, 6.45) is 5.21. The lowest BCUT2D eigenvalue weighted by atomic mass is 10.1. The molecule has 0 fully saturated rings. The Morgan fingerprint density at radius 1 is 1.35 bits per heavy atom. The third-order valence-electron chi connectivity index (χ3n) is 3.06. The predicted molar refractivity (Wildman–Crippen MR) is 68.0 cm³/mol. The third-order valence-corrected chi connectivity index (χ3v) is 3.06. The normalized spacial score (nSPS) is 17.6. The summed E-state index contributed by atoms with van der Waals surface area (Å²) in [5, 5.41) is 0. The van der Waals surface area contributed by atoms with Crippen molar-refractivity contribution in [1.82, 2.24) is 4.68 Å². The summed E-state index contributed by atoms with van der Waals surface area (Å²) in [5.74, 6) is 1.04. The van der Waals surface area contributed by atoms with Crippen LogP contribution < -0.4 is 10.2 Å². The van der Waals surface area contributed by atoms with Crippen LogP contribution in [0.1, 0.15) is 11.1 Å². The van der Waals surface area contributed by atoms with Crippen molar-refractivity contribution < 1.29 is 4.74 Å². The number of rotatable bonds is 3. The van der Waals surface area contributed by atoms with E-state index >= 15 is 0 Å². The average Bonchev–Trinajstić information content (AvgIpc) is 2.94. The highest BCUT2D eigenvalue weighted by molar-refractivity contribution is 5.40. The number of hydrogen-bond donors (Lipinski definition) is 1. The molecule has 0 saturated heterocycles. The lowest BCUT2D eigenvalue weighted by Crippen LogP contribution is -2.28. The van der Waals surface area contributed by atoms with Gasteiger partial charge in [-0.25, -0.2) is 0 Å². The van der Waals surface area contributed by atoms with E-state index in [9.17, 15) is 0 Å². The van der Waals surface area contributed by atoms with Gasteiger partial charge in [-0.05, 0) is 30.7 Å². The maximum absolute atomic E-state index is 5.88. The van der Waals surface area contributed by atoms with E-state index in [0.29, 0.717) is 0 Å². The first-order chi connectivity index (χ1) is 8.31. The highest BCUT2D eigenvalue weighted by Crippen LogP contribution is 2.29. The molecule has 3 heteroatoms. The maximum atomic E-state index is 5.88. The number of nitrogens with zero attached hydrogens (tertiary/aromatic N) is 1. The Labute approximate surface area is 101 Å². The van der Waals surface area contributed by atoms with Crippen molar-refractivity contribution in [2.24, 2.45) is 0 Å². The second kappa shape index (κ2) is 4.17. The van der Waals surface area contributed by atoms with Gasteiger partial charge in [0.1, 0.15) is 11.9 Å². The molecule has 1 aromatic carbocycles. The van der Waals surface area contributed by atoms with E-state index in [2.05, 4.69) is 30.5 Å². The molecule has 1 unspecified atom stereocenters. The molecule has 1 aliphatic rings. The molecule has 1 aliphatic heterocycles. The number of aromatic nitrogens is 1. The largest absolute Gasteiger partial charge is 0.488 e. The molecule has 1 aromatic heterocycles. The summed E-state index contributed by atoms with van der Waals surface area (Å²) < 4.78 is 7.84. The Morgan fingerprint density at radius 2 is 2.18 bits per heavy atom. The van der Waals surface area contributed by atoms with Gasteiger partial charge < -0.3 is 10.2 Å². The summed E-state index contributed by atoms with van der Waals surface area (Å²) in [5.41, 5.74) is 5.93. The summed E-state index contributed by atoms with van der Waals surface area (Å²) in [6.45, 7) is 2.94. The number of aryl methyl sites for hydroxylation is 1. The maximum Gasteiger partial charge on any atom is 0.123 e. The molecule has 3 nitrogen and oxygen atoms in total. The van der Waals surface area contributed by atoms with Crippen LogP contribution in [0.2, 0.25) is 0 Å². The van der Waals surface area contributed by atoms with E-state index in [1.807, 2.05) is 29.2 Å². The lowest BCUT2D eigenvalue weighted by molar-refractivity contribution is 0.242. The quantitative estimate of drug-likeness (QED) is 0.872. The van der Waals surface area contributed by atoms with Crippen molar-refractivity contribution in [2.45, 2.75) is 19.4 Å². The summed E-state index contributed by atoms with van der Waals surface area (Å²) in [6, 6.07) is 10.4. The first-order valence-electron chi connectivity index (χ1n) is 5.94. The summed E-state index contributed by atoms with van der Waals surface area (Å²) in [4.78, 5) is 0. The van der Waals surface area contributed by atoms with Crippen LogP contribution in [0.15, 0.2) is 42.7 Å². The fourth-order valence-corrected chi connectivity index (χ4v) is 2.21. The Balaban J connectivity index is 1.62. The number of benzene rings is 1. The second-order valence-electron chi connectivity index (χ2n) is 4.51. The summed E-state index contributed by atoms with van der Waals surface area (Å²) >= 11 is 0. The summed E-state index contributed by atoms with van der Waals surface area (Å²) in [7, 11) is 0. The molecule has 0 amide bonds. The van der Waals surface area contributed by atoms with E-state index in [1.165, 1.54) is 11.1 Å². The minimum Gasteiger partial charge on any atom is -0.488 e. The van der Waals surface area contributed by atoms with Gasteiger partial charge in [0.05, 0.1) is 6.54 Å². The SMILES string of the molecule is Cc1ccc2c(c1)CC(CNn1cccc1)O2. The first-order valence-corrected chi connectivity index (χ1v) is 5.94. The fraction of sp³-hybridized carbons (Fsp3) is 0.286. The van der Waals surface area contributed by atoms with Gasteiger partial charge in [-0.2, -0.15) is 0 Å². The van der Waals surface area contributed by atoms with Crippen LogP contribution in [0, 0.1) is 6.92 Å². The van der Waals surface area contributed by atoms with Crippen LogP contribution >= 0.6 is 0 Å². The zero-order valence-corrected chi connectivity index (χ0v) is 9.89. The molecule has 88 valence electrons. The minimum absolute atomic E-state index is 0.231. The van der Waals surface area contributed by atoms with Gasteiger partial charge in [-0.1, -0.05) is 17.7 Å². The highest BCUT2D eigenvalue weighted by atomic mass is 16.5. The monoisotopic (exact) mass is 228 g/mol. The molecule has 1 N–H and O–H groups in total. The zero-order valence-electron chi connectivity index (χ0n) is 9.89. The molecule has 2 aromatic rings. The van der Waals surface area contributed by atoms with Crippen LogP contribution in [-0.2, 0) is 6.42 Å². The molecule has 0 saturated carbocycles. The van der Waals surface area contributed by atoms with Gasteiger partial charge in [-0.3, -0.25) is 4.68 Å². The second-order valence-corrected chi connectivity index (χ2v) is 4.51.